The third-order valence-corrected chi connectivity index (χ3v) is 3.62. The Morgan fingerprint density at radius 2 is 2.23 bits per heavy atom. The third kappa shape index (κ3) is 2.26. The lowest BCUT2D eigenvalue weighted by Gasteiger charge is -2.04. The van der Waals surface area contributed by atoms with Crippen LogP contribution >= 0.6 is 0 Å². The third-order valence-electron chi connectivity index (χ3n) is 3.62. The Balaban J connectivity index is 1.90. The summed E-state index contributed by atoms with van der Waals surface area (Å²) in [6, 6.07) is 0.262. The van der Waals surface area contributed by atoms with Gasteiger partial charge in [0.15, 0.2) is 5.65 Å². The van der Waals surface area contributed by atoms with Gasteiger partial charge in [0.2, 0.25) is 0 Å². The van der Waals surface area contributed by atoms with E-state index >= 15 is 0 Å². The normalized spacial score (nSPS) is 11.5. The van der Waals surface area contributed by atoms with Crippen LogP contribution in [0.25, 0.3) is 11.0 Å². The Morgan fingerprint density at radius 3 is 2.86 bits per heavy atom. The second kappa shape index (κ2) is 5.28. The number of aryl methyl sites for hydroxylation is 2. The molecular formula is C14H19N7O. The van der Waals surface area contributed by atoms with Gasteiger partial charge in [0.25, 0.3) is 5.91 Å². The monoisotopic (exact) mass is 301 g/mol. The summed E-state index contributed by atoms with van der Waals surface area (Å²) in [6.45, 7) is 6.08. The molecule has 0 aromatic carbocycles. The van der Waals surface area contributed by atoms with Gasteiger partial charge in [-0.2, -0.15) is 10.2 Å². The summed E-state index contributed by atoms with van der Waals surface area (Å²) in [5.74, 6) is 0.292. The molecule has 22 heavy (non-hydrogen) atoms. The lowest BCUT2D eigenvalue weighted by atomic mass is 10.2. The van der Waals surface area contributed by atoms with E-state index in [0.29, 0.717) is 11.5 Å². The summed E-state index contributed by atoms with van der Waals surface area (Å²) in [4.78, 5) is 16.5. The van der Waals surface area contributed by atoms with Gasteiger partial charge in [-0.05, 0) is 20.3 Å². The zero-order chi connectivity index (χ0) is 15.9. The van der Waals surface area contributed by atoms with Crippen molar-refractivity contribution in [3.05, 3.63) is 23.9 Å². The molecule has 116 valence electrons. The lowest BCUT2D eigenvalue weighted by molar-refractivity contribution is 0.102. The average molecular weight is 301 g/mol. The molecule has 0 aliphatic heterocycles. The molecule has 3 aromatic rings. The molecule has 0 aliphatic rings. The molecule has 0 saturated heterocycles. The number of hydrogen-bond acceptors (Lipinski definition) is 4. The van der Waals surface area contributed by atoms with E-state index < -0.39 is 0 Å². The summed E-state index contributed by atoms with van der Waals surface area (Å²) in [5, 5.41) is 15.1. The first kappa shape index (κ1) is 14.3. The van der Waals surface area contributed by atoms with E-state index in [9.17, 15) is 4.79 Å². The van der Waals surface area contributed by atoms with E-state index in [1.807, 2.05) is 32.4 Å². The molecule has 0 atom stereocenters. The van der Waals surface area contributed by atoms with Gasteiger partial charge in [-0.15, -0.1) is 0 Å². The van der Waals surface area contributed by atoms with Gasteiger partial charge in [-0.25, -0.2) is 9.67 Å². The van der Waals surface area contributed by atoms with Crippen molar-refractivity contribution < 1.29 is 4.79 Å². The van der Waals surface area contributed by atoms with Crippen molar-refractivity contribution in [1.29, 1.82) is 0 Å². The van der Waals surface area contributed by atoms with Gasteiger partial charge in [0, 0.05) is 19.3 Å². The van der Waals surface area contributed by atoms with E-state index in [4.69, 9.17) is 0 Å². The maximum absolute atomic E-state index is 12.3. The molecule has 3 aromatic heterocycles. The van der Waals surface area contributed by atoms with Crippen molar-refractivity contribution in [2.45, 2.75) is 33.2 Å². The van der Waals surface area contributed by atoms with Crippen LogP contribution in [0, 0.1) is 0 Å². The van der Waals surface area contributed by atoms with Crippen LogP contribution in [0.4, 0.5) is 5.82 Å². The highest BCUT2D eigenvalue weighted by Gasteiger charge is 2.18. The second-order valence-corrected chi connectivity index (χ2v) is 5.48. The fraction of sp³-hybridized carbons (Fsp3) is 0.429. The number of aromatic amines is 1. The average Bonchev–Trinajstić information content (AvgIpc) is 3.17. The zero-order valence-electron chi connectivity index (χ0n) is 13.1. The van der Waals surface area contributed by atoms with Gasteiger partial charge < -0.3 is 9.88 Å². The number of rotatable bonds is 4. The molecule has 0 radical (unpaired) electrons. The number of aromatic nitrogens is 6. The number of anilines is 1. The molecule has 8 nitrogen and oxygen atoms in total. The Morgan fingerprint density at radius 1 is 1.45 bits per heavy atom. The molecule has 1 amide bonds. The number of imidazole rings is 1. The zero-order valence-corrected chi connectivity index (χ0v) is 13.1. The number of nitrogens with one attached hydrogen (secondary N) is 2. The molecule has 0 fully saturated rings. The maximum atomic E-state index is 12.3. The van der Waals surface area contributed by atoms with Crippen molar-refractivity contribution >= 4 is 22.8 Å². The molecule has 0 saturated carbocycles. The van der Waals surface area contributed by atoms with Crippen molar-refractivity contribution in [3.8, 4) is 0 Å². The first-order chi connectivity index (χ1) is 10.5. The molecule has 8 heteroatoms. The van der Waals surface area contributed by atoms with Crippen LogP contribution in [0.15, 0.2) is 12.5 Å². The van der Waals surface area contributed by atoms with Crippen molar-refractivity contribution in [1.82, 2.24) is 29.5 Å². The Hall–Kier alpha value is -2.64. The Bertz CT molecular complexity index is 824. The number of carbonyl (C=O) groups is 1. The van der Waals surface area contributed by atoms with Crippen molar-refractivity contribution in [3.63, 3.8) is 0 Å². The van der Waals surface area contributed by atoms with Crippen LogP contribution in [0.1, 0.15) is 43.0 Å². The molecule has 0 spiro atoms. The molecular weight excluding hydrogens is 282 g/mol. The van der Waals surface area contributed by atoms with Gasteiger partial charge in [0.1, 0.15) is 11.5 Å². The van der Waals surface area contributed by atoms with E-state index in [1.54, 1.807) is 17.2 Å². The molecule has 0 unspecified atom stereocenters. The Labute approximate surface area is 127 Å². The predicted octanol–water partition coefficient (Wildman–Crippen LogP) is 1.89. The van der Waals surface area contributed by atoms with E-state index in [-0.39, 0.29) is 11.9 Å². The summed E-state index contributed by atoms with van der Waals surface area (Å²) >= 11 is 0. The number of fused-ring (bicyclic) bond motifs is 1. The smallest absolute Gasteiger partial charge is 0.277 e. The molecule has 0 bridgehead atoms. The SMILES string of the molecule is CCc1nn(C)c2n[nH]c(NC(=O)c3cn(C(C)C)cn3)c12. The van der Waals surface area contributed by atoms with Crippen LogP contribution in [-0.2, 0) is 13.5 Å². The van der Waals surface area contributed by atoms with Crippen LogP contribution in [-0.4, -0.2) is 35.4 Å². The predicted molar refractivity (Wildman–Crippen MR) is 82.8 cm³/mol. The quantitative estimate of drug-likeness (QED) is 0.769. The number of hydrogen-bond donors (Lipinski definition) is 2. The first-order valence-corrected chi connectivity index (χ1v) is 7.26. The molecule has 2 N–H and O–H groups in total. The number of H-pyrrole nitrogens is 1. The highest BCUT2D eigenvalue weighted by Crippen LogP contribution is 2.24. The van der Waals surface area contributed by atoms with Crippen molar-refractivity contribution in [2.24, 2.45) is 7.05 Å². The van der Waals surface area contributed by atoms with Crippen molar-refractivity contribution in [2.75, 3.05) is 5.32 Å². The number of amides is 1. The molecule has 3 heterocycles. The maximum Gasteiger partial charge on any atom is 0.277 e. The van der Waals surface area contributed by atoms with Gasteiger partial charge in [-0.3, -0.25) is 9.89 Å². The standard InChI is InChI=1S/C14H19N7O/c1-5-9-11-12(17-18-13(11)20(4)19-9)16-14(22)10-6-21(7-15-10)8(2)3/h6-8H,5H2,1-4H3,(H2,16,17,18,22). The van der Waals surface area contributed by atoms with Crippen LogP contribution in [0.5, 0.6) is 0 Å². The summed E-state index contributed by atoms with van der Waals surface area (Å²) in [7, 11) is 1.83. The topological polar surface area (TPSA) is 93.4 Å². The van der Waals surface area contributed by atoms with Gasteiger partial charge in [0.05, 0.1) is 17.4 Å². The fourth-order valence-electron chi connectivity index (χ4n) is 2.37. The summed E-state index contributed by atoms with van der Waals surface area (Å²) in [6.07, 6.45) is 4.16. The van der Waals surface area contributed by atoms with E-state index in [0.717, 1.165) is 23.1 Å². The number of nitrogens with zero attached hydrogens (tertiary/aromatic N) is 5. The number of carbonyl (C=O) groups excluding carboxylic acids is 1. The van der Waals surface area contributed by atoms with Gasteiger partial charge in [-0.1, -0.05) is 6.92 Å². The van der Waals surface area contributed by atoms with Crippen LogP contribution < -0.4 is 5.32 Å². The minimum atomic E-state index is -0.268. The summed E-state index contributed by atoms with van der Waals surface area (Å²) < 4.78 is 3.59. The summed E-state index contributed by atoms with van der Waals surface area (Å²) in [5.41, 5.74) is 1.99. The minimum absolute atomic E-state index is 0.262. The second-order valence-electron chi connectivity index (χ2n) is 5.48. The lowest BCUT2D eigenvalue weighted by Crippen LogP contribution is -2.13. The van der Waals surface area contributed by atoms with Crippen LogP contribution in [0.3, 0.4) is 0 Å². The van der Waals surface area contributed by atoms with Gasteiger partial charge >= 0.3 is 0 Å². The molecule has 3 rings (SSSR count). The minimum Gasteiger partial charge on any atom is -0.334 e. The first-order valence-electron chi connectivity index (χ1n) is 7.26. The Kier molecular flexibility index (Phi) is 3.44. The highest BCUT2D eigenvalue weighted by atomic mass is 16.2. The highest BCUT2D eigenvalue weighted by molar-refractivity contribution is 6.06. The van der Waals surface area contributed by atoms with E-state index in [2.05, 4.69) is 25.6 Å². The fourth-order valence-corrected chi connectivity index (χ4v) is 2.37. The van der Waals surface area contributed by atoms with Crippen LogP contribution in [0.2, 0.25) is 0 Å². The largest absolute Gasteiger partial charge is 0.334 e. The molecule has 0 aliphatic carbocycles. The van der Waals surface area contributed by atoms with E-state index in [1.165, 1.54) is 0 Å².